The van der Waals surface area contributed by atoms with E-state index in [0.29, 0.717) is 0 Å². The van der Waals surface area contributed by atoms with Gasteiger partial charge in [-0.3, -0.25) is 0 Å². The minimum Gasteiger partial charge on any atom is -0.0622 e. The lowest BCUT2D eigenvalue weighted by atomic mass is 9.73. The zero-order chi connectivity index (χ0) is 52.3. The Labute approximate surface area is 454 Å². The highest BCUT2D eigenvalue weighted by atomic mass is 14.5. The average Bonchev–Trinajstić information content (AvgIpc) is 4.34. The van der Waals surface area contributed by atoms with Crippen molar-refractivity contribution in [1.29, 1.82) is 0 Å². The van der Waals surface area contributed by atoms with Crippen molar-refractivity contribution in [3.8, 4) is 55.6 Å². The molecule has 0 heteroatoms. The molecule has 5 aliphatic rings. The van der Waals surface area contributed by atoms with Crippen molar-refractivity contribution in [1.82, 2.24) is 0 Å². The molecule has 0 N–H and O–H groups in total. The quantitative estimate of drug-likeness (QED) is 0.156. The fourth-order valence-corrected chi connectivity index (χ4v) is 15.7. The van der Waals surface area contributed by atoms with Gasteiger partial charge in [0.2, 0.25) is 0 Å². The maximum Gasteiger partial charge on any atom is 0.0165 e. The van der Waals surface area contributed by atoms with E-state index in [2.05, 4.69) is 274 Å². The van der Waals surface area contributed by atoms with Crippen LogP contribution in [0.4, 0.5) is 0 Å². The molecular formula is C77H60. The highest BCUT2D eigenvalue weighted by molar-refractivity contribution is 6.40. The normalized spacial score (nSPS) is 16.2. The third-order valence-corrected chi connectivity index (χ3v) is 18.7. The van der Waals surface area contributed by atoms with Crippen LogP contribution in [0.1, 0.15) is 119 Å². The Bertz CT molecular complexity index is 4320. The van der Waals surface area contributed by atoms with Crippen molar-refractivity contribution >= 4 is 27.9 Å². The first-order chi connectivity index (χ1) is 37.4. The van der Waals surface area contributed by atoms with Gasteiger partial charge in [0.1, 0.15) is 0 Å². The second kappa shape index (κ2) is 16.2. The van der Waals surface area contributed by atoms with E-state index in [-0.39, 0.29) is 16.2 Å². The monoisotopic (exact) mass is 984 g/mol. The molecule has 0 spiro atoms. The molecule has 0 aliphatic heterocycles. The predicted molar refractivity (Wildman–Crippen MR) is 325 cm³/mol. The van der Waals surface area contributed by atoms with Crippen LogP contribution in [0, 0.1) is 13.8 Å². The van der Waals surface area contributed by atoms with E-state index in [0.717, 1.165) is 0 Å². The van der Waals surface area contributed by atoms with Crippen molar-refractivity contribution < 1.29 is 0 Å². The lowest BCUT2D eigenvalue weighted by molar-refractivity contribution is 0.657. The summed E-state index contributed by atoms with van der Waals surface area (Å²) in [5.74, 6) is 0. The average molecular weight is 985 g/mol. The first-order valence-electron chi connectivity index (χ1n) is 27.7. The van der Waals surface area contributed by atoms with Gasteiger partial charge in [-0.25, -0.2) is 0 Å². The Hall–Kier alpha value is -8.58. The van der Waals surface area contributed by atoms with Crippen LogP contribution in [0.2, 0.25) is 0 Å². The molecule has 0 bridgehead atoms. The topological polar surface area (TPSA) is 0 Å². The van der Waals surface area contributed by atoms with Crippen molar-refractivity contribution in [2.24, 2.45) is 0 Å². The molecule has 0 radical (unpaired) electrons. The van der Waals surface area contributed by atoms with Gasteiger partial charge in [0, 0.05) is 16.2 Å². The second-order valence-electron chi connectivity index (χ2n) is 23.8. The van der Waals surface area contributed by atoms with Gasteiger partial charge in [0.15, 0.2) is 0 Å². The lowest BCUT2D eigenvalue weighted by Crippen LogP contribution is -2.19. The third kappa shape index (κ3) is 6.05. The smallest absolute Gasteiger partial charge is 0.0165 e. The summed E-state index contributed by atoms with van der Waals surface area (Å²) in [7, 11) is 0. The maximum absolute atomic E-state index is 2.49. The van der Waals surface area contributed by atoms with E-state index in [1.54, 1.807) is 0 Å². The van der Waals surface area contributed by atoms with Gasteiger partial charge in [-0.05, 0) is 181 Å². The van der Waals surface area contributed by atoms with Gasteiger partial charge in [-0.15, -0.1) is 0 Å². The molecule has 10 aromatic rings. The Balaban J connectivity index is 1.20. The van der Waals surface area contributed by atoms with Crippen molar-refractivity contribution in [3.63, 3.8) is 0 Å². The standard InChI is InChI=1S/C77H60/c1-45-62(47-27-12-9-13-28-47)63(48-29-14-10-15-30-48)46(2)65-64(45)67(56-39-24-36-53-50-33-18-21-42-59(50)75(3,4)72(53)56)71-69(58-41-26-38-55-52-35-20-23-44-61(52)77(7,8)74(55)58)68(66(70(65)71)49-31-16-11-17-32-49)57-40-25-37-54-51-34-19-22-43-60(51)76(5,6)73(54)57/h9-44H,1-8H3. The van der Waals surface area contributed by atoms with Gasteiger partial charge in [0.25, 0.3) is 0 Å². The Morgan fingerprint density at radius 1 is 0.208 bits per heavy atom. The molecule has 0 aromatic heterocycles. The van der Waals surface area contributed by atoms with E-state index in [9.17, 15) is 0 Å². The summed E-state index contributed by atoms with van der Waals surface area (Å²) in [6.07, 6.45) is 0. The number of allylic oxidation sites excluding steroid dienone is 5. The molecule has 0 nitrogen and oxygen atoms in total. The molecule has 0 saturated carbocycles. The Kier molecular flexibility index (Phi) is 9.64. The fourth-order valence-electron chi connectivity index (χ4n) is 15.7. The third-order valence-electron chi connectivity index (χ3n) is 18.7. The molecule has 0 atom stereocenters. The maximum atomic E-state index is 2.49. The molecule has 0 heterocycles. The molecule has 10 aromatic carbocycles. The minimum absolute atomic E-state index is 0.276. The van der Waals surface area contributed by atoms with E-state index in [4.69, 9.17) is 0 Å². The molecule has 368 valence electrons. The summed E-state index contributed by atoms with van der Waals surface area (Å²) in [6, 6.07) is 83.1. The van der Waals surface area contributed by atoms with Crippen LogP contribution in [0.15, 0.2) is 224 Å². The summed E-state index contributed by atoms with van der Waals surface area (Å²) in [4.78, 5) is 0. The van der Waals surface area contributed by atoms with Crippen molar-refractivity contribution in [3.05, 3.63) is 302 Å². The second-order valence-corrected chi connectivity index (χ2v) is 23.8. The van der Waals surface area contributed by atoms with Crippen LogP contribution in [-0.4, -0.2) is 0 Å². The zero-order valence-electron chi connectivity index (χ0n) is 45.3. The molecule has 0 saturated heterocycles. The SMILES string of the molecule is Cc1c2c(c(C)c(-c3ccccc3)c1-c1ccccc1)C(c1cccc3c1C(C)(C)c1ccccc1-3)=C1C(c3cccc4c3C(C)(C)c3ccccc3-4)=C(c3cccc4c3C(C)(C)c3ccccc3-4)C(c3ccccc3)=C12. The number of hydrogen-bond donors (Lipinski definition) is 0. The molecule has 15 rings (SSSR count). The predicted octanol–water partition coefficient (Wildman–Crippen LogP) is 19.9. The van der Waals surface area contributed by atoms with E-state index in [1.165, 1.54) is 167 Å². The van der Waals surface area contributed by atoms with Crippen LogP contribution in [0.5, 0.6) is 0 Å². The zero-order valence-corrected chi connectivity index (χ0v) is 45.3. The van der Waals surface area contributed by atoms with Crippen LogP contribution >= 0.6 is 0 Å². The summed E-state index contributed by atoms with van der Waals surface area (Å²) < 4.78 is 0. The minimum atomic E-state index is -0.291. The summed E-state index contributed by atoms with van der Waals surface area (Å²) in [5.41, 5.74) is 39.0. The Morgan fingerprint density at radius 2 is 0.494 bits per heavy atom. The van der Waals surface area contributed by atoms with Gasteiger partial charge in [-0.1, -0.05) is 260 Å². The van der Waals surface area contributed by atoms with Gasteiger partial charge < -0.3 is 0 Å². The number of fused-ring (bicyclic) bond motifs is 12. The van der Waals surface area contributed by atoms with Gasteiger partial charge >= 0.3 is 0 Å². The molecule has 0 fully saturated rings. The largest absolute Gasteiger partial charge is 0.0622 e. The van der Waals surface area contributed by atoms with Crippen LogP contribution in [0.25, 0.3) is 83.5 Å². The number of rotatable bonds is 6. The molecular weight excluding hydrogens is 925 g/mol. The van der Waals surface area contributed by atoms with Crippen molar-refractivity contribution in [2.45, 2.75) is 71.6 Å². The van der Waals surface area contributed by atoms with E-state index >= 15 is 0 Å². The van der Waals surface area contributed by atoms with Gasteiger partial charge in [-0.2, -0.15) is 0 Å². The van der Waals surface area contributed by atoms with Crippen molar-refractivity contribution in [2.75, 3.05) is 0 Å². The first kappa shape index (κ1) is 45.8. The van der Waals surface area contributed by atoms with E-state index < -0.39 is 0 Å². The van der Waals surface area contributed by atoms with E-state index in [1.807, 2.05) is 0 Å². The Morgan fingerprint density at radius 3 is 0.883 bits per heavy atom. The first-order valence-corrected chi connectivity index (χ1v) is 27.7. The lowest BCUT2D eigenvalue weighted by Gasteiger charge is -2.30. The van der Waals surface area contributed by atoms with Crippen LogP contribution in [-0.2, 0) is 16.2 Å². The summed E-state index contributed by atoms with van der Waals surface area (Å²) in [6.45, 7) is 19.7. The van der Waals surface area contributed by atoms with Crippen LogP contribution in [0.3, 0.4) is 0 Å². The molecule has 5 aliphatic carbocycles. The highest BCUT2D eigenvalue weighted by Crippen LogP contribution is 2.68. The van der Waals surface area contributed by atoms with Crippen LogP contribution < -0.4 is 0 Å². The molecule has 0 unspecified atom stereocenters. The number of benzene rings is 10. The fraction of sp³-hybridized carbons (Fsp3) is 0.143. The van der Waals surface area contributed by atoms with Gasteiger partial charge in [0.05, 0.1) is 0 Å². The highest BCUT2D eigenvalue weighted by Gasteiger charge is 2.49. The summed E-state index contributed by atoms with van der Waals surface area (Å²) in [5, 5.41) is 0. The number of hydrogen-bond acceptors (Lipinski definition) is 0. The summed E-state index contributed by atoms with van der Waals surface area (Å²) >= 11 is 0. The molecule has 77 heavy (non-hydrogen) atoms. The molecule has 0 amide bonds.